The van der Waals surface area contributed by atoms with E-state index in [1.807, 2.05) is 19.1 Å². The first kappa shape index (κ1) is 11.3. The molecule has 1 unspecified atom stereocenters. The van der Waals surface area contributed by atoms with Gasteiger partial charge in [-0.3, -0.25) is 9.79 Å². The van der Waals surface area contributed by atoms with E-state index in [0.717, 1.165) is 16.2 Å². The number of hydrogen-bond acceptors (Lipinski definition) is 4. The van der Waals surface area contributed by atoms with E-state index in [1.165, 1.54) is 11.8 Å². The van der Waals surface area contributed by atoms with E-state index in [9.17, 15) is 4.79 Å². The van der Waals surface area contributed by atoms with Gasteiger partial charge in [0.1, 0.15) is 0 Å². The summed E-state index contributed by atoms with van der Waals surface area (Å²) in [5.74, 6) is 0. The van der Waals surface area contributed by atoms with Gasteiger partial charge in [-0.1, -0.05) is 30.1 Å². The predicted molar refractivity (Wildman–Crippen MR) is 66.0 cm³/mol. The smallest absolute Gasteiger partial charge is 0.156 e. The lowest BCUT2D eigenvalue weighted by atomic mass is 10.3. The zero-order valence-corrected chi connectivity index (χ0v) is 9.69. The van der Waals surface area contributed by atoms with Crippen molar-refractivity contribution in [3.63, 3.8) is 0 Å². The summed E-state index contributed by atoms with van der Waals surface area (Å²) in [6.07, 6.45) is 6.46. The summed E-state index contributed by atoms with van der Waals surface area (Å²) in [6, 6.07) is 0.215. The third-order valence-electron chi connectivity index (χ3n) is 1.57. The van der Waals surface area contributed by atoms with Crippen molar-refractivity contribution in [3.8, 4) is 0 Å². The van der Waals surface area contributed by atoms with Crippen molar-refractivity contribution < 1.29 is 4.79 Å². The van der Waals surface area contributed by atoms with Crippen LogP contribution in [0.3, 0.4) is 0 Å². The molecule has 0 amide bonds. The lowest BCUT2D eigenvalue weighted by molar-refractivity contribution is -0.104. The van der Waals surface area contributed by atoms with Crippen LogP contribution in [0.1, 0.15) is 13.8 Å². The molecule has 2 nitrogen and oxygen atoms in total. The molecule has 0 bridgehead atoms. The minimum Gasteiger partial charge on any atom is -0.297 e. The second kappa shape index (κ2) is 5.22. The highest BCUT2D eigenvalue weighted by Gasteiger charge is 2.05. The monoisotopic (exact) mass is 225 g/mol. The van der Waals surface area contributed by atoms with Crippen molar-refractivity contribution in [1.29, 1.82) is 0 Å². The molecule has 0 N–H and O–H groups in total. The molecule has 0 radical (unpaired) electrons. The summed E-state index contributed by atoms with van der Waals surface area (Å²) in [7, 11) is 0. The zero-order chi connectivity index (χ0) is 10.6. The van der Waals surface area contributed by atoms with Crippen molar-refractivity contribution in [2.45, 2.75) is 19.9 Å². The molecule has 0 aromatic heterocycles. The topological polar surface area (TPSA) is 29.4 Å². The van der Waals surface area contributed by atoms with Gasteiger partial charge in [-0.25, -0.2) is 0 Å². The Balaban J connectivity index is 2.74. The SMILES string of the molecule is CC(=S)S/C(C=O)=C\C1=NC(C)C=C1. The van der Waals surface area contributed by atoms with Crippen LogP contribution >= 0.6 is 24.0 Å². The fourth-order valence-corrected chi connectivity index (χ4v) is 1.89. The Morgan fingerprint density at radius 3 is 2.86 bits per heavy atom. The van der Waals surface area contributed by atoms with Crippen molar-refractivity contribution in [2.75, 3.05) is 0 Å². The van der Waals surface area contributed by atoms with Gasteiger partial charge >= 0.3 is 0 Å². The van der Waals surface area contributed by atoms with Crippen LogP contribution in [0.5, 0.6) is 0 Å². The first-order chi connectivity index (χ1) is 6.61. The number of rotatable bonds is 3. The highest BCUT2D eigenvalue weighted by Crippen LogP contribution is 2.16. The number of aliphatic imine (C=N–C) groups is 1. The number of hydrogen-bond donors (Lipinski definition) is 0. The Labute approximate surface area is 93.2 Å². The summed E-state index contributed by atoms with van der Waals surface area (Å²) < 4.78 is 0.735. The van der Waals surface area contributed by atoms with E-state index in [4.69, 9.17) is 12.2 Å². The zero-order valence-electron chi connectivity index (χ0n) is 8.06. The molecule has 1 heterocycles. The van der Waals surface area contributed by atoms with Crippen LogP contribution in [0, 0.1) is 0 Å². The van der Waals surface area contributed by atoms with Gasteiger partial charge < -0.3 is 0 Å². The van der Waals surface area contributed by atoms with E-state index in [0.29, 0.717) is 4.91 Å². The summed E-state index contributed by atoms with van der Waals surface area (Å²) in [5, 5.41) is 0. The molecule has 0 fully saturated rings. The third-order valence-corrected chi connectivity index (χ3v) is 2.55. The maximum atomic E-state index is 10.7. The molecule has 0 saturated carbocycles. The maximum absolute atomic E-state index is 10.7. The molecule has 1 rings (SSSR count). The van der Waals surface area contributed by atoms with Crippen molar-refractivity contribution >= 4 is 40.2 Å². The average molecular weight is 225 g/mol. The number of carbonyl (C=O) groups is 1. The highest BCUT2D eigenvalue weighted by molar-refractivity contribution is 8.26. The lowest BCUT2D eigenvalue weighted by Gasteiger charge is -1.96. The van der Waals surface area contributed by atoms with Crippen LogP contribution in [0.25, 0.3) is 0 Å². The van der Waals surface area contributed by atoms with Gasteiger partial charge in [0.25, 0.3) is 0 Å². The maximum Gasteiger partial charge on any atom is 0.156 e. The number of nitrogens with zero attached hydrogens (tertiary/aromatic N) is 1. The molecule has 0 aromatic carbocycles. The second-order valence-electron chi connectivity index (χ2n) is 2.91. The third kappa shape index (κ3) is 3.55. The predicted octanol–water partition coefficient (Wildman–Crippen LogP) is 2.55. The Kier molecular flexibility index (Phi) is 4.22. The molecular weight excluding hydrogens is 214 g/mol. The number of allylic oxidation sites excluding steroid dienone is 3. The molecule has 1 atom stereocenters. The molecule has 1 aliphatic heterocycles. The van der Waals surface area contributed by atoms with E-state index in [1.54, 1.807) is 13.0 Å². The fourth-order valence-electron chi connectivity index (χ4n) is 1.04. The van der Waals surface area contributed by atoms with Crippen molar-refractivity contribution in [2.24, 2.45) is 4.99 Å². The minimum absolute atomic E-state index is 0.215. The first-order valence-corrected chi connectivity index (χ1v) is 5.45. The molecule has 0 aromatic rings. The van der Waals surface area contributed by atoms with Crippen LogP contribution in [0.15, 0.2) is 28.1 Å². The van der Waals surface area contributed by atoms with Crippen LogP contribution in [-0.2, 0) is 4.79 Å². The highest BCUT2D eigenvalue weighted by atomic mass is 32.2. The molecule has 0 saturated heterocycles. The number of aldehydes is 1. The van der Waals surface area contributed by atoms with Gasteiger partial charge in [-0.15, -0.1) is 0 Å². The van der Waals surface area contributed by atoms with Crippen LogP contribution in [0.4, 0.5) is 0 Å². The molecule has 14 heavy (non-hydrogen) atoms. The Hall–Kier alpha value is -0.740. The Morgan fingerprint density at radius 1 is 1.71 bits per heavy atom. The summed E-state index contributed by atoms with van der Waals surface area (Å²) in [6.45, 7) is 3.79. The normalized spacial score (nSPS) is 20.9. The number of thiocarbonyl (C=S) groups is 1. The standard InChI is InChI=1S/C10H11NOS2/c1-7-3-4-9(11-7)5-10(6-12)14-8(2)13/h3-7H,1-2H3/b10-5-. The molecule has 1 aliphatic rings. The Bertz CT molecular complexity index is 342. The van der Waals surface area contributed by atoms with E-state index in [-0.39, 0.29) is 6.04 Å². The summed E-state index contributed by atoms with van der Waals surface area (Å²) in [5.41, 5.74) is 0.836. The Morgan fingerprint density at radius 2 is 2.43 bits per heavy atom. The van der Waals surface area contributed by atoms with Crippen molar-refractivity contribution in [1.82, 2.24) is 0 Å². The van der Waals surface area contributed by atoms with Gasteiger partial charge in [0, 0.05) is 4.20 Å². The van der Waals surface area contributed by atoms with E-state index in [2.05, 4.69) is 4.99 Å². The average Bonchev–Trinajstić information content (AvgIpc) is 2.49. The molecule has 0 spiro atoms. The van der Waals surface area contributed by atoms with Gasteiger partial charge in [0.15, 0.2) is 6.29 Å². The van der Waals surface area contributed by atoms with Crippen molar-refractivity contribution in [3.05, 3.63) is 23.1 Å². The van der Waals surface area contributed by atoms with Gasteiger partial charge in [-0.2, -0.15) is 0 Å². The van der Waals surface area contributed by atoms with E-state index < -0.39 is 0 Å². The largest absolute Gasteiger partial charge is 0.297 e. The van der Waals surface area contributed by atoms with Crippen LogP contribution < -0.4 is 0 Å². The van der Waals surface area contributed by atoms with Gasteiger partial charge in [0.05, 0.1) is 16.7 Å². The second-order valence-corrected chi connectivity index (χ2v) is 5.07. The van der Waals surface area contributed by atoms with Gasteiger partial charge in [0.2, 0.25) is 0 Å². The summed E-state index contributed by atoms with van der Waals surface area (Å²) >= 11 is 6.20. The summed E-state index contributed by atoms with van der Waals surface area (Å²) in [4.78, 5) is 15.6. The minimum atomic E-state index is 0.215. The number of thioether (sulfide) groups is 1. The van der Waals surface area contributed by atoms with Crippen LogP contribution in [0.2, 0.25) is 0 Å². The molecular formula is C10H11NOS2. The molecule has 74 valence electrons. The fraction of sp³-hybridized carbons (Fsp3) is 0.300. The number of carbonyl (C=O) groups excluding carboxylic acids is 1. The van der Waals surface area contributed by atoms with E-state index >= 15 is 0 Å². The quantitative estimate of drug-likeness (QED) is 0.420. The molecule has 4 heteroatoms. The first-order valence-electron chi connectivity index (χ1n) is 4.23. The van der Waals surface area contributed by atoms with Crippen LogP contribution in [-0.4, -0.2) is 22.2 Å². The van der Waals surface area contributed by atoms with Gasteiger partial charge in [-0.05, 0) is 26.0 Å². The molecule has 0 aliphatic carbocycles. The lowest BCUT2D eigenvalue weighted by Crippen LogP contribution is -1.92.